The molecule has 1 aromatic heterocycles. The van der Waals surface area contributed by atoms with Crippen LogP contribution in [-0.4, -0.2) is 35.1 Å². The first kappa shape index (κ1) is 19.2. The summed E-state index contributed by atoms with van der Waals surface area (Å²) >= 11 is 0. The third-order valence-electron chi connectivity index (χ3n) is 4.97. The van der Waals surface area contributed by atoms with Crippen molar-refractivity contribution in [2.75, 3.05) is 6.61 Å². The minimum Gasteiger partial charge on any atom is -0.475 e. The molecule has 0 bridgehead atoms. The molecule has 0 radical (unpaired) electrons. The van der Waals surface area contributed by atoms with Crippen LogP contribution in [0.3, 0.4) is 0 Å². The molecule has 1 N–H and O–H groups in total. The van der Waals surface area contributed by atoms with Gasteiger partial charge in [-0.05, 0) is 64.5 Å². The fourth-order valence-corrected chi connectivity index (χ4v) is 3.36. The van der Waals surface area contributed by atoms with Crippen molar-refractivity contribution in [3.8, 4) is 11.9 Å². The number of aromatic nitrogens is 1. The van der Waals surface area contributed by atoms with E-state index in [9.17, 15) is 14.9 Å². The minimum atomic E-state index is -0.560. The van der Waals surface area contributed by atoms with E-state index < -0.39 is 17.2 Å². The van der Waals surface area contributed by atoms with Gasteiger partial charge in [0.1, 0.15) is 30.3 Å². The highest BCUT2D eigenvalue weighted by atomic mass is 16.6. The largest absolute Gasteiger partial charge is 0.475 e. The first-order chi connectivity index (χ1) is 12.7. The molecule has 1 aromatic rings. The van der Waals surface area contributed by atoms with Gasteiger partial charge in [-0.15, -0.1) is 0 Å². The number of pyridine rings is 1. The third-order valence-corrected chi connectivity index (χ3v) is 4.97. The summed E-state index contributed by atoms with van der Waals surface area (Å²) in [5.41, 5.74) is 2.01. The lowest BCUT2D eigenvalue weighted by Crippen LogP contribution is -2.44. The molecule has 0 saturated heterocycles. The Labute approximate surface area is 159 Å². The Kier molecular flexibility index (Phi) is 4.85. The summed E-state index contributed by atoms with van der Waals surface area (Å²) in [4.78, 5) is 27.5. The number of nitrogens with one attached hydrogen (secondary N) is 1. The molecule has 3 rings (SSSR count). The highest BCUT2D eigenvalue weighted by Gasteiger charge is 2.46. The monoisotopic (exact) mass is 371 g/mol. The average Bonchev–Trinajstić information content (AvgIpc) is 3.18. The molecule has 27 heavy (non-hydrogen) atoms. The van der Waals surface area contributed by atoms with E-state index in [-0.39, 0.29) is 12.5 Å². The number of fused-ring (bicyclic) bond motifs is 1. The van der Waals surface area contributed by atoms with Gasteiger partial charge in [-0.1, -0.05) is 0 Å². The van der Waals surface area contributed by atoms with E-state index in [4.69, 9.17) is 9.47 Å². The number of alkyl carbamates (subject to hydrolysis) is 1. The number of nitrogens with zero attached hydrogens (tertiary/aromatic N) is 2. The van der Waals surface area contributed by atoms with Gasteiger partial charge in [0.15, 0.2) is 0 Å². The minimum absolute atomic E-state index is 0.105. The molecule has 1 saturated carbocycles. The van der Waals surface area contributed by atoms with Crippen LogP contribution in [0.1, 0.15) is 56.0 Å². The summed E-state index contributed by atoms with van der Waals surface area (Å²) in [5, 5.41) is 12.3. The highest BCUT2D eigenvalue weighted by Crippen LogP contribution is 2.38. The van der Waals surface area contributed by atoms with E-state index >= 15 is 0 Å². The lowest BCUT2D eigenvalue weighted by atomic mass is 10.0. The predicted octanol–water partition coefficient (Wildman–Crippen LogP) is 2.61. The molecule has 1 fully saturated rings. The number of amides is 1. The van der Waals surface area contributed by atoms with E-state index in [1.54, 1.807) is 0 Å². The number of carbonyl (C=O) groups is 2. The summed E-state index contributed by atoms with van der Waals surface area (Å²) in [7, 11) is 0. The van der Waals surface area contributed by atoms with Crippen molar-refractivity contribution in [3.63, 3.8) is 0 Å². The van der Waals surface area contributed by atoms with Gasteiger partial charge in [0.25, 0.3) is 0 Å². The van der Waals surface area contributed by atoms with E-state index in [2.05, 4.69) is 16.4 Å². The number of ether oxygens (including phenoxy) is 2. The van der Waals surface area contributed by atoms with Gasteiger partial charge in [-0.3, -0.25) is 0 Å². The third kappa shape index (κ3) is 4.21. The van der Waals surface area contributed by atoms with Crippen LogP contribution >= 0.6 is 0 Å². The van der Waals surface area contributed by atoms with E-state index in [1.807, 2.05) is 27.7 Å². The first-order valence-corrected chi connectivity index (χ1v) is 9.18. The zero-order valence-electron chi connectivity index (χ0n) is 16.2. The van der Waals surface area contributed by atoms with Crippen LogP contribution in [0.15, 0.2) is 0 Å². The molecular formula is C20H25N3O4. The molecule has 0 aliphatic heterocycles. The number of carbonyl (C=O) groups excluding carboxylic acids is 2. The predicted molar refractivity (Wildman–Crippen MR) is 97.5 cm³/mol. The molecule has 144 valence electrons. The second-order valence-corrected chi connectivity index (χ2v) is 8.46. The fourth-order valence-electron chi connectivity index (χ4n) is 3.36. The SMILES string of the molecule is Cc1c(OCC2(NC(=O)OC(C)(C)C)CC2)nc(C#N)c2c1CC(C=O)C2. The Morgan fingerprint density at radius 2 is 2.04 bits per heavy atom. The van der Waals surface area contributed by atoms with Gasteiger partial charge in [-0.25, -0.2) is 9.78 Å². The number of nitriles is 1. The summed E-state index contributed by atoms with van der Waals surface area (Å²) in [6.07, 6.45) is 3.24. The van der Waals surface area contributed by atoms with Gasteiger partial charge >= 0.3 is 6.09 Å². The van der Waals surface area contributed by atoms with E-state index in [1.165, 1.54) is 0 Å². The zero-order valence-corrected chi connectivity index (χ0v) is 16.2. The first-order valence-electron chi connectivity index (χ1n) is 9.18. The molecule has 1 heterocycles. The van der Waals surface area contributed by atoms with Gasteiger partial charge in [0.2, 0.25) is 5.88 Å². The Bertz CT molecular complexity index is 816. The number of hydrogen-bond donors (Lipinski definition) is 1. The van der Waals surface area contributed by atoms with Gasteiger partial charge in [0.05, 0.1) is 5.54 Å². The van der Waals surface area contributed by atoms with Crippen molar-refractivity contribution < 1.29 is 19.1 Å². The average molecular weight is 371 g/mol. The van der Waals surface area contributed by atoms with Crippen molar-refractivity contribution in [3.05, 3.63) is 22.4 Å². The molecule has 0 spiro atoms. The standard InChI is InChI=1S/C20H25N3O4/c1-12-14-7-13(10-24)8-15(14)16(9-21)22-17(12)26-11-20(5-6-20)23-18(25)27-19(2,3)4/h10,13H,5-8,11H2,1-4H3,(H,23,25). The van der Waals surface area contributed by atoms with Crippen molar-refractivity contribution in [1.82, 2.24) is 10.3 Å². The van der Waals surface area contributed by atoms with Crippen LogP contribution in [0.2, 0.25) is 0 Å². The van der Waals surface area contributed by atoms with Crippen LogP contribution in [0.5, 0.6) is 5.88 Å². The quantitative estimate of drug-likeness (QED) is 0.799. The van der Waals surface area contributed by atoms with Crippen LogP contribution in [0, 0.1) is 24.2 Å². The molecule has 1 amide bonds. The summed E-state index contributed by atoms with van der Waals surface area (Å²) < 4.78 is 11.2. The molecular weight excluding hydrogens is 346 g/mol. The van der Waals surface area contributed by atoms with Crippen molar-refractivity contribution in [1.29, 1.82) is 5.26 Å². The number of rotatable bonds is 5. The summed E-state index contributed by atoms with van der Waals surface area (Å²) in [6, 6.07) is 2.11. The van der Waals surface area contributed by atoms with Crippen LogP contribution in [0.25, 0.3) is 0 Å². The highest BCUT2D eigenvalue weighted by molar-refractivity contribution is 5.69. The lowest BCUT2D eigenvalue weighted by Gasteiger charge is -2.23. The maximum atomic E-state index is 12.0. The van der Waals surface area contributed by atoms with Gasteiger partial charge in [-0.2, -0.15) is 5.26 Å². The van der Waals surface area contributed by atoms with E-state index in [0.29, 0.717) is 24.4 Å². The van der Waals surface area contributed by atoms with Crippen LogP contribution < -0.4 is 10.1 Å². The topological polar surface area (TPSA) is 101 Å². The Hall–Kier alpha value is -2.62. The molecule has 1 atom stereocenters. The van der Waals surface area contributed by atoms with Gasteiger partial charge < -0.3 is 19.6 Å². The van der Waals surface area contributed by atoms with Crippen LogP contribution in [0.4, 0.5) is 4.79 Å². The van der Waals surface area contributed by atoms with E-state index in [0.717, 1.165) is 35.8 Å². The Balaban J connectivity index is 1.71. The summed E-state index contributed by atoms with van der Waals surface area (Å²) in [6.45, 7) is 7.61. The van der Waals surface area contributed by atoms with Crippen molar-refractivity contribution in [2.24, 2.45) is 5.92 Å². The van der Waals surface area contributed by atoms with Crippen molar-refractivity contribution in [2.45, 2.75) is 64.5 Å². The molecule has 0 aromatic carbocycles. The molecule has 2 aliphatic rings. The Morgan fingerprint density at radius 1 is 1.37 bits per heavy atom. The zero-order chi connectivity index (χ0) is 19.8. The normalized spacial score (nSPS) is 19.6. The molecule has 7 heteroatoms. The maximum absolute atomic E-state index is 12.0. The van der Waals surface area contributed by atoms with Crippen LogP contribution in [-0.2, 0) is 22.4 Å². The maximum Gasteiger partial charge on any atom is 0.408 e. The second-order valence-electron chi connectivity index (χ2n) is 8.46. The molecule has 7 nitrogen and oxygen atoms in total. The molecule has 1 unspecified atom stereocenters. The number of aldehydes is 1. The smallest absolute Gasteiger partial charge is 0.408 e. The fraction of sp³-hybridized carbons (Fsp3) is 0.600. The summed E-state index contributed by atoms with van der Waals surface area (Å²) in [5.74, 6) is 0.292. The van der Waals surface area contributed by atoms with Gasteiger partial charge in [0, 0.05) is 11.5 Å². The Morgan fingerprint density at radius 3 is 2.59 bits per heavy atom. The molecule has 2 aliphatic carbocycles. The number of hydrogen-bond acceptors (Lipinski definition) is 6. The van der Waals surface area contributed by atoms with Crippen molar-refractivity contribution >= 4 is 12.4 Å². The second kappa shape index (κ2) is 6.84. The lowest BCUT2D eigenvalue weighted by molar-refractivity contribution is -0.110.